The molecule has 0 amide bonds. The topological polar surface area (TPSA) is 84.5 Å². The van der Waals surface area contributed by atoms with Gasteiger partial charge in [0, 0.05) is 35.9 Å². The number of carbonyl (C=O) groups is 2. The fraction of sp³-hybridized carbons (Fsp3) is 0.0909. The van der Waals surface area contributed by atoms with Crippen molar-refractivity contribution in [2.45, 2.75) is 0 Å². The first-order valence-corrected chi connectivity index (χ1v) is 8.55. The minimum absolute atomic E-state index is 0.112. The zero-order valence-corrected chi connectivity index (χ0v) is 15.2. The van der Waals surface area contributed by atoms with Crippen LogP contribution in [0.1, 0.15) is 32.1 Å². The van der Waals surface area contributed by atoms with Gasteiger partial charge in [-0.15, -0.1) is 0 Å². The molecule has 0 saturated carbocycles. The maximum absolute atomic E-state index is 11.9. The molecule has 2 aromatic heterocycles. The van der Waals surface area contributed by atoms with Crippen molar-refractivity contribution < 1.29 is 19.8 Å². The molecule has 4 rings (SSSR count). The molecule has 0 spiro atoms. The van der Waals surface area contributed by atoms with E-state index in [9.17, 15) is 19.8 Å². The summed E-state index contributed by atoms with van der Waals surface area (Å²) in [5, 5.41) is 20.6. The quantitative estimate of drug-likeness (QED) is 0.528. The van der Waals surface area contributed by atoms with Gasteiger partial charge in [0.2, 0.25) is 0 Å². The summed E-state index contributed by atoms with van der Waals surface area (Å²) in [5.41, 5.74) is 2.38. The largest absolute Gasteiger partial charge is 0.478 e. The van der Waals surface area contributed by atoms with E-state index in [1.165, 1.54) is 0 Å². The summed E-state index contributed by atoms with van der Waals surface area (Å²) in [4.78, 5) is 23.7. The van der Waals surface area contributed by atoms with Gasteiger partial charge in [0.1, 0.15) is 22.5 Å². The summed E-state index contributed by atoms with van der Waals surface area (Å²) in [6.45, 7) is 0. The highest BCUT2D eigenvalue weighted by Gasteiger charge is 2.21. The van der Waals surface area contributed by atoms with E-state index in [1.807, 2.05) is 24.3 Å². The summed E-state index contributed by atoms with van der Waals surface area (Å²) in [6, 6.07) is 14.3. The Hall–Kier alpha value is -3.98. The number of hydrogen-bond acceptors (Lipinski definition) is 2. The first-order valence-electron chi connectivity index (χ1n) is 8.55. The fourth-order valence-corrected chi connectivity index (χ4v) is 3.63. The Morgan fingerprint density at radius 1 is 0.714 bits per heavy atom. The van der Waals surface area contributed by atoms with Crippen molar-refractivity contribution in [1.82, 2.24) is 9.13 Å². The standard InChI is InChI=1S/C22H16N2O4/c1-23-15-9-5-3-7-13(15)19(21(25)26)17(23)11-12-18-20(22(27)28)14-8-4-6-10-16(14)24(18)2/h3-10H,1-2H3,(H,25,26)(H,27,28). The number of rotatable bonds is 2. The number of hydrogen-bond donors (Lipinski definition) is 2. The molecular weight excluding hydrogens is 356 g/mol. The van der Waals surface area contributed by atoms with Crippen LogP contribution in [0, 0.1) is 11.8 Å². The minimum atomic E-state index is -1.07. The monoisotopic (exact) mass is 372 g/mol. The lowest BCUT2D eigenvalue weighted by Crippen LogP contribution is -2.03. The normalized spacial score (nSPS) is 10.8. The Morgan fingerprint density at radius 2 is 1.07 bits per heavy atom. The van der Waals surface area contributed by atoms with E-state index in [1.54, 1.807) is 47.5 Å². The SMILES string of the molecule is Cn1c(C#Cc2c(C(=O)O)c3ccccc3n2C)c(C(=O)O)c2ccccc21. The third-order valence-corrected chi connectivity index (χ3v) is 4.94. The van der Waals surface area contributed by atoms with Crippen LogP contribution >= 0.6 is 0 Å². The van der Waals surface area contributed by atoms with Crippen LogP contribution in [0.4, 0.5) is 0 Å². The molecule has 0 unspecified atom stereocenters. The lowest BCUT2D eigenvalue weighted by atomic mass is 10.1. The van der Waals surface area contributed by atoms with E-state index in [2.05, 4.69) is 11.8 Å². The molecule has 0 atom stereocenters. The number of aryl methyl sites for hydroxylation is 2. The fourth-order valence-electron chi connectivity index (χ4n) is 3.63. The van der Waals surface area contributed by atoms with Crippen LogP contribution in [-0.4, -0.2) is 31.3 Å². The average molecular weight is 372 g/mol. The molecule has 0 saturated heterocycles. The predicted molar refractivity (Wildman–Crippen MR) is 106 cm³/mol. The first-order chi connectivity index (χ1) is 13.4. The van der Waals surface area contributed by atoms with Crippen LogP contribution in [0.15, 0.2) is 48.5 Å². The maximum atomic E-state index is 11.9. The molecule has 0 aliphatic rings. The third kappa shape index (κ3) is 2.45. The summed E-state index contributed by atoms with van der Waals surface area (Å²) < 4.78 is 3.43. The molecule has 0 aliphatic carbocycles. The van der Waals surface area contributed by atoms with Crippen LogP contribution in [0.5, 0.6) is 0 Å². The van der Waals surface area contributed by atoms with Gasteiger partial charge in [-0.05, 0) is 24.0 Å². The summed E-state index contributed by atoms with van der Waals surface area (Å²) in [7, 11) is 3.50. The second-order valence-corrected chi connectivity index (χ2v) is 6.46. The lowest BCUT2D eigenvalue weighted by Gasteiger charge is -1.99. The van der Waals surface area contributed by atoms with Gasteiger partial charge >= 0.3 is 11.9 Å². The van der Waals surface area contributed by atoms with Crippen molar-refractivity contribution in [3.63, 3.8) is 0 Å². The molecule has 2 heterocycles. The molecule has 6 nitrogen and oxygen atoms in total. The van der Waals surface area contributed by atoms with E-state index in [4.69, 9.17) is 0 Å². The first kappa shape index (κ1) is 17.4. The van der Waals surface area contributed by atoms with Crippen molar-refractivity contribution in [1.29, 1.82) is 0 Å². The van der Waals surface area contributed by atoms with E-state index >= 15 is 0 Å². The highest BCUT2D eigenvalue weighted by atomic mass is 16.4. The number of nitrogens with zero attached hydrogens (tertiary/aromatic N) is 2. The van der Waals surface area contributed by atoms with E-state index in [0.29, 0.717) is 22.2 Å². The average Bonchev–Trinajstić information content (AvgIpc) is 3.12. The zero-order chi connectivity index (χ0) is 20.0. The van der Waals surface area contributed by atoms with Crippen LogP contribution < -0.4 is 0 Å². The molecule has 0 aliphatic heterocycles. The highest BCUT2D eigenvalue weighted by molar-refractivity contribution is 6.07. The molecule has 4 aromatic rings. The van der Waals surface area contributed by atoms with Crippen LogP contribution in [0.2, 0.25) is 0 Å². The Bertz CT molecular complexity index is 1240. The predicted octanol–water partition coefficient (Wildman–Crippen LogP) is 3.47. The Morgan fingerprint density at radius 3 is 1.43 bits per heavy atom. The number of para-hydroxylation sites is 2. The van der Waals surface area contributed by atoms with Gasteiger partial charge in [0.25, 0.3) is 0 Å². The number of aromatic carboxylic acids is 2. The van der Waals surface area contributed by atoms with Crippen LogP contribution in [0.3, 0.4) is 0 Å². The maximum Gasteiger partial charge on any atom is 0.339 e. The van der Waals surface area contributed by atoms with E-state index in [0.717, 1.165) is 11.0 Å². The van der Waals surface area contributed by atoms with Gasteiger partial charge in [-0.25, -0.2) is 9.59 Å². The molecule has 2 N–H and O–H groups in total. The van der Waals surface area contributed by atoms with Crippen molar-refractivity contribution in [2.24, 2.45) is 14.1 Å². The van der Waals surface area contributed by atoms with Gasteiger partial charge in [-0.1, -0.05) is 36.4 Å². The van der Waals surface area contributed by atoms with Crippen molar-refractivity contribution in [3.05, 3.63) is 71.0 Å². The van der Waals surface area contributed by atoms with E-state index < -0.39 is 11.9 Å². The van der Waals surface area contributed by atoms with Gasteiger partial charge in [0.05, 0.1) is 0 Å². The van der Waals surface area contributed by atoms with Gasteiger partial charge in [-0.3, -0.25) is 0 Å². The molecule has 2 aromatic carbocycles. The molecule has 28 heavy (non-hydrogen) atoms. The van der Waals surface area contributed by atoms with Gasteiger partial charge in [-0.2, -0.15) is 0 Å². The van der Waals surface area contributed by atoms with Crippen LogP contribution in [-0.2, 0) is 14.1 Å². The summed E-state index contributed by atoms with van der Waals surface area (Å²) in [6.07, 6.45) is 0. The second kappa shape index (κ2) is 6.32. The number of fused-ring (bicyclic) bond motifs is 2. The minimum Gasteiger partial charge on any atom is -0.478 e. The summed E-state index contributed by atoms with van der Waals surface area (Å²) in [5.74, 6) is 3.68. The van der Waals surface area contributed by atoms with Crippen molar-refractivity contribution >= 4 is 33.7 Å². The number of carboxylic acid groups (broad SMARTS) is 2. The Kier molecular flexibility index (Phi) is 3.94. The molecule has 6 heteroatoms. The molecule has 0 fully saturated rings. The lowest BCUT2D eigenvalue weighted by molar-refractivity contribution is 0.0687. The number of carboxylic acids is 2. The van der Waals surface area contributed by atoms with Gasteiger partial charge < -0.3 is 19.3 Å². The Labute approximate surface area is 160 Å². The number of aromatic nitrogens is 2. The Balaban J connectivity index is 2.02. The number of benzene rings is 2. The van der Waals surface area contributed by atoms with E-state index in [-0.39, 0.29) is 11.1 Å². The zero-order valence-electron chi connectivity index (χ0n) is 15.2. The second-order valence-electron chi connectivity index (χ2n) is 6.46. The highest BCUT2D eigenvalue weighted by Crippen LogP contribution is 2.27. The molecule has 0 radical (unpaired) electrons. The molecule has 0 bridgehead atoms. The van der Waals surface area contributed by atoms with Gasteiger partial charge in [0.15, 0.2) is 0 Å². The smallest absolute Gasteiger partial charge is 0.339 e. The summed E-state index contributed by atoms with van der Waals surface area (Å²) >= 11 is 0. The van der Waals surface area contributed by atoms with Crippen molar-refractivity contribution in [2.75, 3.05) is 0 Å². The molecule has 138 valence electrons. The molecular formula is C22H16N2O4. The van der Waals surface area contributed by atoms with Crippen molar-refractivity contribution in [3.8, 4) is 11.8 Å². The third-order valence-electron chi connectivity index (χ3n) is 4.94. The van der Waals surface area contributed by atoms with Crippen LogP contribution in [0.25, 0.3) is 21.8 Å².